The molecule has 0 fully saturated rings. The van der Waals surface area contributed by atoms with Crippen molar-refractivity contribution in [2.45, 2.75) is 6.92 Å². The summed E-state index contributed by atoms with van der Waals surface area (Å²) < 4.78 is 0. The van der Waals surface area contributed by atoms with Crippen molar-refractivity contribution in [3.8, 4) is 11.1 Å². The van der Waals surface area contributed by atoms with Gasteiger partial charge in [-0.1, -0.05) is 0 Å². The van der Waals surface area contributed by atoms with Gasteiger partial charge in [0, 0.05) is 44.2 Å². The van der Waals surface area contributed by atoms with E-state index < -0.39 is 0 Å². The van der Waals surface area contributed by atoms with E-state index in [2.05, 4.69) is 20.6 Å². The van der Waals surface area contributed by atoms with E-state index in [1.165, 1.54) is 6.92 Å². The SMILES string of the molecule is CC(=O)NCCNc1ccc(-c2ccncc2)cn1. The third-order valence-electron chi connectivity index (χ3n) is 2.58. The van der Waals surface area contributed by atoms with Crippen LogP contribution in [0.3, 0.4) is 0 Å². The number of pyridine rings is 2. The zero-order valence-electron chi connectivity index (χ0n) is 10.8. The van der Waals surface area contributed by atoms with Crippen LogP contribution >= 0.6 is 0 Å². The van der Waals surface area contributed by atoms with Crippen LogP contribution in [0, 0.1) is 0 Å². The van der Waals surface area contributed by atoms with Gasteiger partial charge >= 0.3 is 0 Å². The minimum absolute atomic E-state index is 0.0252. The summed E-state index contributed by atoms with van der Waals surface area (Å²) >= 11 is 0. The van der Waals surface area contributed by atoms with Gasteiger partial charge in [-0.2, -0.15) is 0 Å². The number of aromatic nitrogens is 2. The van der Waals surface area contributed by atoms with Crippen LogP contribution in [0.1, 0.15) is 6.92 Å². The van der Waals surface area contributed by atoms with Crippen LogP contribution in [-0.2, 0) is 4.79 Å². The molecule has 0 aliphatic carbocycles. The Morgan fingerprint density at radius 1 is 1.11 bits per heavy atom. The molecule has 0 unspecified atom stereocenters. The highest BCUT2D eigenvalue weighted by Gasteiger charge is 1.98. The van der Waals surface area contributed by atoms with Crippen LogP contribution in [0.2, 0.25) is 0 Å². The van der Waals surface area contributed by atoms with Crippen molar-refractivity contribution in [1.29, 1.82) is 0 Å². The third kappa shape index (κ3) is 4.06. The van der Waals surface area contributed by atoms with E-state index in [1.807, 2.05) is 30.5 Å². The van der Waals surface area contributed by atoms with Gasteiger partial charge in [0.15, 0.2) is 0 Å². The van der Waals surface area contributed by atoms with Gasteiger partial charge in [0.25, 0.3) is 0 Å². The summed E-state index contributed by atoms with van der Waals surface area (Å²) in [5.74, 6) is 0.769. The zero-order valence-corrected chi connectivity index (χ0v) is 10.8. The molecule has 0 atom stereocenters. The smallest absolute Gasteiger partial charge is 0.216 e. The van der Waals surface area contributed by atoms with E-state index in [1.54, 1.807) is 12.4 Å². The summed E-state index contributed by atoms with van der Waals surface area (Å²) in [6, 6.07) is 7.81. The van der Waals surface area contributed by atoms with Gasteiger partial charge in [0.2, 0.25) is 5.91 Å². The van der Waals surface area contributed by atoms with Crippen LogP contribution in [-0.4, -0.2) is 29.0 Å². The molecule has 98 valence electrons. The molecule has 1 amide bonds. The van der Waals surface area contributed by atoms with Crippen LogP contribution < -0.4 is 10.6 Å². The predicted octanol–water partition coefficient (Wildman–Crippen LogP) is 1.69. The molecule has 5 heteroatoms. The zero-order chi connectivity index (χ0) is 13.5. The number of amides is 1. The Labute approximate surface area is 112 Å². The van der Waals surface area contributed by atoms with E-state index in [9.17, 15) is 4.79 Å². The highest BCUT2D eigenvalue weighted by Crippen LogP contribution is 2.18. The average molecular weight is 256 g/mol. The number of nitrogens with zero attached hydrogens (tertiary/aromatic N) is 2. The molecule has 19 heavy (non-hydrogen) atoms. The molecule has 0 spiro atoms. The standard InChI is InChI=1S/C14H16N4O/c1-11(19)16-8-9-17-14-3-2-13(10-18-14)12-4-6-15-7-5-12/h2-7,10H,8-9H2,1H3,(H,16,19)(H,17,18). The van der Waals surface area contributed by atoms with Crippen molar-refractivity contribution in [1.82, 2.24) is 15.3 Å². The number of nitrogens with one attached hydrogen (secondary N) is 2. The molecule has 2 aromatic heterocycles. The highest BCUT2D eigenvalue weighted by molar-refractivity contribution is 5.72. The molecule has 2 heterocycles. The molecule has 0 aromatic carbocycles. The molecule has 0 aliphatic rings. The van der Waals surface area contributed by atoms with E-state index in [-0.39, 0.29) is 5.91 Å². The Bertz CT molecular complexity index is 525. The first-order chi connectivity index (χ1) is 9.25. The van der Waals surface area contributed by atoms with Crippen molar-refractivity contribution >= 4 is 11.7 Å². The molecule has 0 saturated carbocycles. The van der Waals surface area contributed by atoms with Crippen molar-refractivity contribution in [2.75, 3.05) is 18.4 Å². The Kier molecular flexibility index (Phi) is 4.44. The number of hydrogen-bond donors (Lipinski definition) is 2. The number of anilines is 1. The van der Waals surface area contributed by atoms with Crippen LogP contribution in [0.25, 0.3) is 11.1 Å². The highest BCUT2D eigenvalue weighted by atomic mass is 16.1. The maximum Gasteiger partial charge on any atom is 0.216 e. The van der Waals surface area contributed by atoms with Gasteiger partial charge in [-0.3, -0.25) is 9.78 Å². The van der Waals surface area contributed by atoms with E-state index >= 15 is 0 Å². The van der Waals surface area contributed by atoms with Crippen molar-refractivity contribution < 1.29 is 4.79 Å². The maximum absolute atomic E-state index is 10.7. The van der Waals surface area contributed by atoms with Gasteiger partial charge in [0.05, 0.1) is 0 Å². The number of hydrogen-bond acceptors (Lipinski definition) is 4. The second kappa shape index (κ2) is 6.49. The Morgan fingerprint density at radius 3 is 2.53 bits per heavy atom. The summed E-state index contributed by atoms with van der Waals surface area (Å²) in [5.41, 5.74) is 2.14. The molecule has 2 rings (SSSR count). The second-order valence-corrected chi connectivity index (χ2v) is 4.08. The average Bonchev–Trinajstić information content (AvgIpc) is 2.45. The quantitative estimate of drug-likeness (QED) is 0.799. The van der Waals surface area contributed by atoms with Gasteiger partial charge < -0.3 is 10.6 Å². The van der Waals surface area contributed by atoms with Crippen molar-refractivity contribution in [3.63, 3.8) is 0 Å². The molecular formula is C14H16N4O. The summed E-state index contributed by atoms with van der Waals surface area (Å²) in [4.78, 5) is 19.0. The fourth-order valence-electron chi connectivity index (χ4n) is 1.64. The maximum atomic E-state index is 10.7. The first kappa shape index (κ1) is 13.0. The molecule has 5 nitrogen and oxygen atoms in total. The monoisotopic (exact) mass is 256 g/mol. The van der Waals surface area contributed by atoms with Crippen LogP contribution in [0.15, 0.2) is 42.9 Å². The van der Waals surface area contributed by atoms with E-state index in [0.29, 0.717) is 13.1 Å². The Morgan fingerprint density at radius 2 is 1.89 bits per heavy atom. The van der Waals surface area contributed by atoms with E-state index in [4.69, 9.17) is 0 Å². The van der Waals surface area contributed by atoms with Crippen molar-refractivity contribution in [3.05, 3.63) is 42.9 Å². The first-order valence-corrected chi connectivity index (χ1v) is 6.10. The van der Waals surface area contributed by atoms with Gasteiger partial charge in [-0.15, -0.1) is 0 Å². The van der Waals surface area contributed by atoms with Gasteiger partial charge in [-0.25, -0.2) is 4.98 Å². The van der Waals surface area contributed by atoms with Gasteiger partial charge in [0.1, 0.15) is 5.82 Å². The predicted molar refractivity (Wildman–Crippen MR) is 74.6 cm³/mol. The molecule has 0 bridgehead atoms. The largest absolute Gasteiger partial charge is 0.368 e. The molecule has 0 saturated heterocycles. The second-order valence-electron chi connectivity index (χ2n) is 4.08. The number of rotatable bonds is 5. The number of carbonyl (C=O) groups is 1. The normalized spacial score (nSPS) is 9.95. The lowest BCUT2D eigenvalue weighted by Crippen LogP contribution is -2.26. The topological polar surface area (TPSA) is 66.9 Å². The molecule has 2 aromatic rings. The van der Waals surface area contributed by atoms with Crippen molar-refractivity contribution in [2.24, 2.45) is 0 Å². The fraction of sp³-hybridized carbons (Fsp3) is 0.214. The number of carbonyl (C=O) groups excluding carboxylic acids is 1. The minimum Gasteiger partial charge on any atom is -0.368 e. The lowest BCUT2D eigenvalue weighted by atomic mass is 10.1. The third-order valence-corrected chi connectivity index (χ3v) is 2.58. The summed E-state index contributed by atoms with van der Waals surface area (Å²) in [5, 5.41) is 5.86. The fourth-order valence-corrected chi connectivity index (χ4v) is 1.64. The summed E-state index contributed by atoms with van der Waals surface area (Å²) in [7, 11) is 0. The summed E-state index contributed by atoms with van der Waals surface area (Å²) in [6.07, 6.45) is 5.33. The first-order valence-electron chi connectivity index (χ1n) is 6.10. The molecular weight excluding hydrogens is 240 g/mol. The Balaban J connectivity index is 1.90. The minimum atomic E-state index is -0.0252. The molecule has 2 N–H and O–H groups in total. The lowest BCUT2D eigenvalue weighted by Gasteiger charge is -2.07. The van der Waals surface area contributed by atoms with Gasteiger partial charge in [-0.05, 0) is 29.8 Å². The summed E-state index contributed by atoms with van der Waals surface area (Å²) in [6.45, 7) is 2.74. The molecule has 0 radical (unpaired) electrons. The molecule has 0 aliphatic heterocycles. The van der Waals surface area contributed by atoms with E-state index in [0.717, 1.165) is 16.9 Å². The van der Waals surface area contributed by atoms with Crippen LogP contribution in [0.5, 0.6) is 0 Å². The lowest BCUT2D eigenvalue weighted by molar-refractivity contribution is -0.118. The Hall–Kier alpha value is -2.43. The van der Waals surface area contributed by atoms with Crippen LogP contribution in [0.4, 0.5) is 5.82 Å².